The summed E-state index contributed by atoms with van der Waals surface area (Å²) in [5.74, 6) is 6.15. The van der Waals surface area contributed by atoms with Crippen molar-refractivity contribution in [3.63, 3.8) is 0 Å². The van der Waals surface area contributed by atoms with E-state index < -0.39 is 0 Å². The topological polar surface area (TPSA) is 63.2 Å². The second-order valence-electron chi connectivity index (χ2n) is 13.0. The van der Waals surface area contributed by atoms with Crippen LogP contribution in [-0.2, 0) is 0 Å². The molecule has 3 aliphatic rings. The maximum atomic E-state index is 6.57. The molecule has 1 aromatic heterocycles. The third kappa shape index (κ3) is 4.63. The van der Waals surface area contributed by atoms with Crippen LogP contribution < -0.4 is 28.9 Å². The van der Waals surface area contributed by atoms with E-state index in [1.807, 2.05) is 140 Å². The average Bonchev–Trinajstić information content (AvgIpc) is 3.24. The Morgan fingerprint density at radius 3 is 0.907 bits per heavy atom. The highest BCUT2D eigenvalue weighted by atomic mass is 16.5. The van der Waals surface area contributed by atoms with E-state index in [-0.39, 0.29) is 0 Å². The van der Waals surface area contributed by atoms with Gasteiger partial charge in [0.25, 0.3) is 0 Å². The molecule has 0 fully saturated rings. The predicted molar refractivity (Wildman–Crippen MR) is 212 cm³/mol. The van der Waals surface area contributed by atoms with Crippen molar-refractivity contribution in [3.05, 3.63) is 176 Å². The van der Waals surface area contributed by atoms with Crippen molar-refractivity contribution in [2.45, 2.75) is 0 Å². The molecule has 54 heavy (non-hydrogen) atoms. The Morgan fingerprint density at radius 2 is 0.574 bits per heavy atom. The van der Waals surface area contributed by atoms with Crippen molar-refractivity contribution in [3.8, 4) is 45.9 Å². The lowest BCUT2D eigenvalue weighted by Gasteiger charge is -2.40. The lowest BCUT2D eigenvalue weighted by molar-refractivity contribution is 0.475. The van der Waals surface area contributed by atoms with Gasteiger partial charge in [-0.05, 0) is 72.8 Å². The minimum atomic E-state index is 0.557. The summed E-state index contributed by atoms with van der Waals surface area (Å²) in [6.07, 6.45) is 0. The standard InChI is InChI=1S/C46H29N5O3/c1-2-16-30(17-3-1)44-47-45(50-33-20-6-12-26-39(33)53-40-27-13-7-21-34(40)50)43(49-31-18-4-10-24-37(31)52-38-25-11-5-19-32(38)49)46(48-44)51-35-22-8-14-28-41(35)54-42-29-15-9-23-36(42)51/h1-29H. The number of benzene rings is 7. The summed E-state index contributed by atoms with van der Waals surface area (Å²) in [5, 5.41) is 0. The zero-order chi connectivity index (χ0) is 35.6. The highest BCUT2D eigenvalue weighted by Gasteiger charge is 2.39. The Labute approximate surface area is 311 Å². The first kappa shape index (κ1) is 30.1. The normalized spacial score (nSPS) is 13.1. The number of aromatic nitrogens is 2. The fourth-order valence-electron chi connectivity index (χ4n) is 7.47. The van der Waals surface area contributed by atoms with E-state index in [4.69, 9.17) is 24.2 Å². The molecule has 0 saturated heterocycles. The van der Waals surface area contributed by atoms with Crippen LogP contribution in [0.3, 0.4) is 0 Å². The summed E-state index contributed by atoms with van der Waals surface area (Å²) in [5.41, 5.74) is 6.68. The minimum absolute atomic E-state index is 0.557. The summed E-state index contributed by atoms with van der Waals surface area (Å²) < 4.78 is 19.6. The SMILES string of the molecule is c1ccc(-c2nc(N3c4ccccc4Oc4ccccc43)c(N3c4ccccc4Oc4ccccc43)c(N3c4ccccc4Oc4ccccc43)n2)cc1. The zero-order valence-electron chi connectivity index (χ0n) is 28.7. The molecule has 0 atom stereocenters. The van der Waals surface area contributed by atoms with Gasteiger partial charge in [0.1, 0.15) is 5.69 Å². The predicted octanol–water partition coefficient (Wildman–Crippen LogP) is 12.9. The van der Waals surface area contributed by atoms with Crippen LogP contribution in [0.5, 0.6) is 34.5 Å². The third-order valence-corrected chi connectivity index (χ3v) is 9.82. The highest BCUT2D eigenvalue weighted by molar-refractivity contribution is 6.03. The Kier molecular flexibility index (Phi) is 6.69. The van der Waals surface area contributed by atoms with Gasteiger partial charge in [-0.1, -0.05) is 103 Å². The van der Waals surface area contributed by atoms with Crippen molar-refractivity contribution in [2.24, 2.45) is 0 Å². The second-order valence-corrected chi connectivity index (χ2v) is 13.0. The van der Waals surface area contributed by atoms with Gasteiger partial charge in [0.2, 0.25) is 0 Å². The number of ether oxygens (including phenoxy) is 3. The van der Waals surface area contributed by atoms with Crippen molar-refractivity contribution in [2.75, 3.05) is 14.7 Å². The lowest BCUT2D eigenvalue weighted by Crippen LogP contribution is -2.26. The van der Waals surface area contributed by atoms with E-state index in [1.165, 1.54) is 0 Å². The first-order valence-electron chi connectivity index (χ1n) is 17.8. The molecule has 0 aliphatic carbocycles. The first-order valence-corrected chi connectivity index (χ1v) is 17.8. The minimum Gasteiger partial charge on any atom is -0.453 e. The van der Waals surface area contributed by atoms with Crippen LogP contribution >= 0.6 is 0 Å². The third-order valence-electron chi connectivity index (χ3n) is 9.82. The van der Waals surface area contributed by atoms with E-state index >= 15 is 0 Å². The maximum Gasteiger partial charge on any atom is 0.168 e. The van der Waals surface area contributed by atoms with Crippen molar-refractivity contribution >= 4 is 51.4 Å². The average molecular weight is 700 g/mol. The number of anilines is 9. The molecular weight excluding hydrogens is 671 g/mol. The molecule has 0 spiro atoms. The molecule has 0 N–H and O–H groups in total. The Balaban J connectivity index is 1.33. The molecule has 8 heteroatoms. The molecular formula is C46H29N5O3. The van der Waals surface area contributed by atoms with Crippen LogP contribution in [0, 0.1) is 0 Å². The van der Waals surface area contributed by atoms with Gasteiger partial charge in [-0.25, -0.2) is 9.97 Å². The molecule has 11 rings (SSSR count). The number of nitrogens with zero attached hydrogens (tertiary/aromatic N) is 5. The Hall–Kier alpha value is -7.58. The molecule has 8 nitrogen and oxygen atoms in total. The van der Waals surface area contributed by atoms with Crippen molar-refractivity contribution in [1.82, 2.24) is 9.97 Å². The number of fused-ring (bicyclic) bond motifs is 6. The van der Waals surface area contributed by atoms with Gasteiger partial charge < -0.3 is 14.2 Å². The lowest BCUT2D eigenvalue weighted by atomic mass is 10.1. The number of hydrogen-bond acceptors (Lipinski definition) is 8. The molecule has 0 bridgehead atoms. The highest BCUT2D eigenvalue weighted by Crippen LogP contribution is 2.61. The van der Waals surface area contributed by atoms with E-state index in [2.05, 4.69) is 51.1 Å². The second kappa shape index (κ2) is 12.0. The van der Waals surface area contributed by atoms with Gasteiger partial charge in [0.05, 0.1) is 34.1 Å². The summed E-state index contributed by atoms with van der Waals surface area (Å²) in [6.45, 7) is 0. The van der Waals surface area contributed by atoms with E-state index in [1.54, 1.807) is 0 Å². The van der Waals surface area contributed by atoms with Crippen LogP contribution in [0.1, 0.15) is 0 Å². The van der Waals surface area contributed by atoms with Crippen LogP contribution in [0.4, 0.5) is 51.4 Å². The van der Waals surface area contributed by atoms with Crippen LogP contribution in [-0.4, -0.2) is 9.97 Å². The van der Waals surface area contributed by atoms with E-state index in [9.17, 15) is 0 Å². The van der Waals surface area contributed by atoms with Gasteiger partial charge in [0, 0.05) is 5.56 Å². The van der Waals surface area contributed by atoms with Gasteiger partial charge in [-0.2, -0.15) is 0 Å². The molecule has 8 aromatic rings. The fourth-order valence-corrected chi connectivity index (χ4v) is 7.47. The molecule has 7 aromatic carbocycles. The smallest absolute Gasteiger partial charge is 0.168 e. The van der Waals surface area contributed by atoms with Crippen LogP contribution in [0.25, 0.3) is 11.4 Å². The monoisotopic (exact) mass is 699 g/mol. The van der Waals surface area contributed by atoms with Crippen LogP contribution in [0.15, 0.2) is 176 Å². The summed E-state index contributed by atoms with van der Waals surface area (Å²) >= 11 is 0. The van der Waals surface area contributed by atoms with Crippen LogP contribution in [0.2, 0.25) is 0 Å². The molecule has 0 radical (unpaired) electrons. The van der Waals surface area contributed by atoms with Gasteiger partial charge in [0.15, 0.2) is 52.0 Å². The molecule has 0 unspecified atom stereocenters. The Bertz CT molecular complexity index is 2500. The fraction of sp³-hybridized carbons (Fsp3) is 0. The van der Waals surface area contributed by atoms with Gasteiger partial charge in [-0.15, -0.1) is 0 Å². The largest absolute Gasteiger partial charge is 0.453 e. The number of rotatable bonds is 4. The van der Waals surface area contributed by atoms with E-state index in [0.29, 0.717) is 52.0 Å². The molecule has 0 amide bonds. The summed E-state index contributed by atoms with van der Waals surface area (Å²) in [7, 11) is 0. The van der Waals surface area contributed by atoms with Gasteiger partial charge in [-0.3, -0.25) is 14.7 Å². The van der Waals surface area contributed by atoms with Gasteiger partial charge >= 0.3 is 0 Å². The number of hydrogen-bond donors (Lipinski definition) is 0. The summed E-state index contributed by atoms with van der Waals surface area (Å²) in [4.78, 5) is 17.8. The first-order chi connectivity index (χ1) is 26.8. The van der Waals surface area contributed by atoms with Crippen molar-refractivity contribution in [1.29, 1.82) is 0 Å². The molecule has 4 heterocycles. The molecule has 3 aliphatic heterocycles. The summed E-state index contributed by atoms with van der Waals surface area (Å²) in [6, 6.07) is 58.6. The Morgan fingerprint density at radius 1 is 0.296 bits per heavy atom. The zero-order valence-corrected chi connectivity index (χ0v) is 28.7. The van der Waals surface area contributed by atoms with E-state index in [0.717, 1.165) is 45.4 Å². The van der Waals surface area contributed by atoms with Crippen molar-refractivity contribution < 1.29 is 14.2 Å². The number of para-hydroxylation sites is 12. The molecule has 0 saturated carbocycles. The maximum absolute atomic E-state index is 6.57. The quantitative estimate of drug-likeness (QED) is 0.180. The molecule has 256 valence electrons.